The number of piperidine rings is 1. The van der Waals surface area contributed by atoms with Crippen molar-refractivity contribution in [3.63, 3.8) is 0 Å². The van der Waals surface area contributed by atoms with Gasteiger partial charge in [-0.2, -0.15) is 18.2 Å². The normalized spacial score (nSPS) is 19.0. The van der Waals surface area contributed by atoms with Gasteiger partial charge in [0.25, 0.3) is 5.91 Å². The topological polar surface area (TPSA) is 91.8 Å². The number of fused-ring (bicyclic) bond motifs is 1. The summed E-state index contributed by atoms with van der Waals surface area (Å²) in [5.74, 6) is -0.368. The van der Waals surface area contributed by atoms with Crippen molar-refractivity contribution in [1.29, 1.82) is 0 Å². The maximum Gasteiger partial charge on any atom is 0.406 e. The van der Waals surface area contributed by atoms with E-state index in [2.05, 4.69) is 25.3 Å². The minimum Gasteiger partial charge on any atom is -0.372 e. The first-order chi connectivity index (χ1) is 20.6. The van der Waals surface area contributed by atoms with Crippen molar-refractivity contribution in [2.24, 2.45) is 4.99 Å². The highest BCUT2D eigenvalue weighted by Gasteiger charge is 2.31. The van der Waals surface area contributed by atoms with Crippen molar-refractivity contribution in [3.8, 4) is 11.5 Å². The maximum atomic E-state index is 14.7. The van der Waals surface area contributed by atoms with Gasteiger partial charge in [0.2, 0.25) is 11.7 Å². The lowest BCUT2D eigenvalue weighted by atomic mass is 10.1. The second-order valence-electron chi connectivity index (χ2n) is 11.0. The molecule has 6 rings (SSSR count). The first kappa shape index (κ1) is 28.8. The number of hydrogen-bond donors (Lipinski definition) is 1. The van der Waals surface area contributed by atoms with Gasteiger partial charge in [-0.15, -0.1) is 0 Å². The molecule has 1 atom stereocenters. The van der Waals surface area contributed by atoms with Crippen molar-refractivity contribution in [3.05, 3.63) is 60.0 Å². The molecule has 4 heterocycles. The van der Waals surface area contributed by atoms with E-state index in [-0.39, 0.29) is 41.9 Å². The Morgan fingerprint density at radius 2 is 1.91 bits per heavy atom. The van der Waals surface area contributed by atoms with Crippen LogP contribution >= 0.6 is 0 Å². The summed E-state index contributed by atoms with van der Waals surface area (Å²) in [5, 5.41) is 7.08. The van der Waals surface area contributed by atoms with E-state index < -0.39 is 18.9 Å². The van der Waals surface area contributed by atoms with Crippen LogP contribution in [-0.2, 0) is 13.1 Å². The SMILES string of the molecule is CN1CC/C(=N\c2cccc3c2cc(-c2noc(CNC(=O)c4cccc(N5CCCC5)c4)n2)n3CC(F)(F)F)[C@@H](F)C1. The monoisotopic (exact) mass is 597 g/mol. The highest BCUT2D eigenvalue weighted by atomic mass is 19.4. The number of likely N-dealkylation sites (tertiary alicyclic amines) is 1. The Labute approximate surface area is 245 Å². The zero-order chi connectivity index (χ0) is 30.1. The minimum atomic E-state index is -4.54. The van der Waals surface area contributed by atoms with E-state index in [9.17, 15) is 22.4 Å². The second kappa shape index (κ2) is 11.8. The van der Waals surface area contributed by atoms with Gasteiger partial charge >= 0.3 is 6.18 Å². The van der Waals surface area contributed by atoms with Crippen molar-refractivity contribution in [2.45, 2.75) is 44.7 Å². The molecule has 1 N–H and O–H groups in total. The molecule has 1 amide bonds. The number of benzene rings is 2. The number of anilines is 1. The largest absolute Gasteiger partial charge is 0.406 e. The quantitative estimate of drug-likeness (QED) is 0.282. The molecule has 2 aliphatic rings. The standard InChI is InChI=1S/C30H31F4N7O2/c1-39-13-10-24(22(31)17-39)36-23-8-5-9-25-21(23)15-26(41(25)18-30(32,33)34)28-37-27(43-38-28)16-35-29(42)19-6-4-7-20(14-19)40-11-2-3-12-40/h4-9,14-15,22H,2-3,10-13,16-18H2,1H3,(H,35,42)/b36-24+/t22-/m0/s1. The third-order valence-electron chi connectivity index (χ3n) is 7.78. The average Bonchev–Trinajstić information content (AvgIpc) is 3.74. The molecule has 0 spiro atoms. The summed E-state index contributed by atoms with van der Waals surface area (Å²) in [6, 6.07) is 13.6. The molecule has 0 aliphatic carbocycles. The van der Waals surface area contributed by atoms with Crippen LogP contribution in [0.2, 0.25) is 0 Å². The first-order valence-electron chi connectivity index (χ1n) is 14.2. The summed E-state index contributed by atoms with van der Waals surface area (Å²) >= 11 is 0. The predicted octanol–water partition coefficient (Wildman–Crippen LogP) is 5.53. The van der Waals surface area contributed by atoms with Crippen LogP contribution in [0.15, 0.2) is 58.0 Å². The van der Waals surface area contributed by atoms with Gasteiger partial charge in [-0.25, -0.2) is 4.39 Å². The zero-order valence-electron chi connectivity index (χ0n) is 23.6. The molecule has 0 saturated carbocycles. The van der Waals surface area contributed by atoms with Crippen LogP contribution in [0.3, 0.4) is 0 Å². The molecule has 226 valence electrons. The Balaban J connectivity index is 1.26. The molecule has 2 fully saturated rings. The number of carbonyl (C=O) groups excluding carboxylic acids is 1. The molecule has 13 heteroatoms. The summed E-state index contributed by atoms with van der Waals surface area (Å²) in [6.45, 7) is 1.34. The highest BCUT2D eigenvalue weighted by molar-refractivity contribution is 5.99. The maximum absolute atomic E-state index is 14.7. The van der Waals surface area contributed by atoms with Crippen LogP contribution in [0.5, 0.6) is 0 Å². The Bertz CT molecular complexity index is 1660. The number of hydrogen-bond acceptors (Lipinski definition) is 7. The van der Waals surface area contributed by atoms with E-state index in [0.29, 0.717) is 35.3 Å². The third kappa shape index (κ3) is 6.41. The number of aromatic nitrogens is 3. The van der Waals surface area contributed by atoms with Gasteiger partial charge in [-0.1, -0.05) is 17.3 Å². The highest BCUT2D eigenvalue weighted by Crippen LogP contribution is 2.36. The van der Waals surface area contributed by atoms with E-state index >= 15 is 0 Å². The van der Waals surface area contributed by atoms with Crippen LogP contribution in [0, 0.1) is 0 Å². The van der Waals surface area contributed by atoms with Crippen LogP contribution in [0.4, 0.5) is 28.9 Å². The Morgan fingerprint density at radius 1 is 1.12 bits per heavy atom. The number of alkyl halides is 4. The number of halogens is 4. The molecule has 2 aromatic heterocycles. The molecule has 43 heavy (non-hydrogen) atoms. The molecule has 0 radical (unpaired) electrons. The lowest BCUT2D eigenvalue weighted by molar-refractivity contribution is -0.139. The summed E-state index contributed by atoms with van der Waals surface area (Å²) in [5.41, 5.74) is 2.51. The van der Waals surface area contributed by atoms with Crippen molar-refractivity contribution >= 4 is 33.9 Å². The lowest BCUT2D eigenvalue weighted by Gasteiger charge is -2.26. The van der Waals surface area contributed by atoms with Gasteiger partial charge in [0.05, 0.1) is 29.2 Å². The molecular formula is C30H31F4N7O2. The number of rotatable bonds is 7. The second-order valence-corrected chi connectivity index (χ2v) is 11.0. The fourth-order valence-corrected chi connectivity index (χ4v) is 5.62. The molecule has 4 aromatic rings. The first-order valence-corrected chi connectivity index (χ1v) is 14.2. The predicted molar refractivity (Wildman–Crippen MR) is 154 cm³/mol. The van der Waals surface area contributed by atoms with Gasteiger partial charge in [-0.05, 0) is 56.3 Å². The Morgan fingerprint density at radius 3 is 2.67 bits per heavy atom. The van der Waals surface area contributed by atoms with Gasteiger partial charge in [0, 0.05) is 49.2 Å². The number of nitrogens with zero attached hydrogens (tertiary/aromatic N) is 6. The van der Waals surface area contributed by atoms with E-state index in [1.807, 2.05) is 30.1 Å². The van der Waals surface area contributed by atoms with Crippen LogP contribution in [-0.4, -0.2) is 76.8 Å². The van der Waals surface area contributed by atoms with E-state index in [4.69, 9.17) is 4.52 Å². The number of carbonyl (C=O) groups is 1. The summed E-state index contributed by atoms with van der Waals surface area (Å²) < 4.78 is 62.1. The van der Waals surface area contributed by atoms with Gasteiger partial charge < -0.3 is 24.2 Å². The smallest absolute Gasteiger partial charge is 0.372 e. The summed E-state index contributed by atoms with van der Waals surface area (Å²) in [7, 11) is 1.82. The number of amides is 1. The van der Waals surface area contributed by atoms with Crippen LogP contribution < -0.4 is 10.2 Å². The third-order valence-corrected chi connectivity index (χ3v) is 7.78. The molecule has 2 saturated heterocycles. The van der Waals surface area contributed by atoms with Crippen molar-refractivity contribution in [1.82, 2.24) is 24.9 Å². The molecule has 0 unspecified atom stereocenters. The zero-order valence-corrected chi connectivity index (χ0v) is 23.6. The Hall–Kier alpha value is -4.26. The summed E-state index contributed by atoms with van der Waals surface area (Å²) in [6.07, 6.45) is -3.15. The van der Waals surface area contributed by atoms with Gasteiger partial charge in [-0.3, -0.25) is 9.79 Å². The average molecular weight is 598 g/mol. The van der Waals surface area contributed by atoms with Gasteiger partial charge in [0.1, 0.15) is 6.54 Å². The number of nitrogens with one attached hydrogen (secondary N) is 1. The minimum absolute atomic E-state index is 0.0370. The fourth-order valence-electron chi connectivity index (χ4n) is 5.62. The molecule has 9 nitrogen and oxygen atoms in total. The van der Waals surface area contributed by atoms with Crippen LogP contribution in [0.1, 0.15) is 35.5 Å². The van der Waals surface area contributed by atoms with Crippen LogP contribution in [0.25, 0.3) is 22.4 Å². The van der Waals surface area contributed by atoms with E-state index in [1.54, 1.807) is 24.3 Å². The van der Waals surface area contributed by atoms with Gasteiger partial charge in [0.15, 0.2) is 6.17 Å². The van der Waals surface area contributed by atoms with E-state index in [0.717, 1.165) is 36.2 Å². The van der Waals surface area contributed by atoms with Crippen molar-refractivity contribution < 1.29 is 26.9 Å². The van der Waals surface area contributed by atoms with E-state index in [1.165, 1.54) is 6.07 Å². The fraction of sp³-hybridized carbons (Fsp3) is 0.400. The molecule has 2 aromatic carbocycles. The summed E-state index contributed by atoms with van der Waals surface area (Å²) in [4.78, 5) is 25.7. The van der Waals surface area contributed by atoms with Crippen molar-refractivity contribution in [2.75, 3.05) is 38.1 Å². The molecule has 2 aliphatic heterocycles. The lowest BCUT2D eigenvalue weighted by Crippen LogP contribution is -2.39. The Kier molecular flexibility index (Phi) is 7.91. The number of aliphatic imine (C=N–C) groups is 1. The molecule has 0 bridgehead atoms. The molecular weight excluding hydrogens is 566 g/mol.